The lowest BCUT2D eigenvalue weighted by Crippen LogP contribution is -2.30. The van der Waals surface area contributed by atoms with E-state index in [0.717, 1.165) is 128 Å². The SMILES string of the molecule is CCCCCC/C=C\C=C/CCCCCCCC(=O)OC[C@H](COP(=O)(O)OC[C@@H](O)COP(=O)(O)OC[C@@H](COC(=O)CCCCCCC)OC(=O)CCCCCCC/C=C\C=C/CCCCCC)OC(=O)CCCCCCCCCCCCCCCCCCCCCCCC. The third-order valence-corrected chi connectivity index (χ3v) is 19.0. The maximum absolute atomic E-state index is 13.1. The first-order chi connectivity index (χ1) is 47.2. The van der Waals surface area contributed by atoms with Crippen molar-refractivity contribution >= 4 is 39.5 Å². The second kappa shape index (κ2) is 71.4. The lowest BCUT2D eigenvalue weighted by molar-refractivity contribution is -0.161. The number of carbonyl (C=O) groups excluding carboxylic acids is 4. The highest BCUT2D eigenvalue weighted by Crippen LogP contribution is 2.45. The van der Waals surface area contributed by atoms with Crippen LogP contribution in [0.2, 0.25) is 0 Å². The van der Waals surface area contributed by atoms with E-state index >= 15 is 0 Å². The summed E-state index contributed by atoms with van der Waals surface area (Å²) < 4.78 is 68.2. The largest absolute Gasteiger partial charge is 0.472 e. The minimum absolute atomic E-state index is 0.0822. The highest BCUT2D eigenvalue weighted by atomic mass is 31.2. The van der Waals surface area contributed by atoms with Crippen LogP contribution < -0.4 is 0 Å². The van der Waals surface area contributed by atoms with Crippen LogP contribution in [0.25, 0.3) is 0 Å². The van der Waals surface area contributed by atoms with Crippen LogP contribution in [0.15, 0.2) is 48.6 Å². The number of phosphoric acid groups is 2. The number of esters is 4. The Morgan fingerprint density at radius 1 is 0.289 bits per heavy atom. The number of unbranched alkanes of at least 4 members (excludes halogenated alkanes) is 43. The fourth-order valence-electron chi connectivity index (χ4n) is 11.0. The van der Waals surface area contributed by atoms with Gasteiger partial charge in [0.15, 0.2) is 12.2 Å². The summed E-state index contributed by atoms with van der Waals surface area (Å²) in [7, 11) is -9.93. The van der Waals surface area contributed by atoms with Crippen molar-refractivity contribution in [2.75, 3.05) is 39.6 Å². The maximum atomic E-state index is 13.1. The molecule has 2 unspecified atom stereocenters. The van der Waals surface area contributed by atoms with Crippen LogP contribution >= 0.6 is 15.6 Å². The predicted octanol–water partition coefficient (Wildman–Crippen LogP) is 22.5. The molecular formula is C78H144O17P2. The molecule has 0 heterocycles. The van der Waals surface area contributed by atoms with Crippen molar-refractivity contribution in [1.82, 2.24) is 0 Å². The normalized spacial score (nSPS) is 14.2. The van der Waals surface area contributed by atoms with Crippen molar-refractivity contribution in [3.63, 3.8) is 0 Å². The van der Waals surface area contributed by atoms with Gasteiger partial charge >= 0.3 is 39.5 Å². The molecule has 0 saturated heterocycles. The van der Waals surface area contributed by atoms with Crippen LogP contribution in [0.5, 0.6) is 0 Å². The maximum Gasteiger partial charge on any atom is 0.472 e. The number of allylic oxidation sites excluding steroid dienone is 8. The predicted molar refractivity (Wildman–Crippen MR) is 395 cm³/mol. The summed E-state index contributed by atoms with van der Waals surface area (Å²) in [5.74, 6) is -2.19. The quantitative estimate of drug-likeness (QED) is 0.0169. The molecule has 0 aliphatic heterocycles. The summed E-state index contributed by atoms with van der Waals surface area (Å²) >= 11 is 0. The lowest BCUT2D eigenvalue weighted by atomic mass is 10.0. The third kappa shape index (κ3) is 71.2. The zero-order valence-electron chi connectivity index (χ0n) is 62.0. The summed E-state index contributed by atoms with van der Waals surface area (Å²) in [6, 6.07) is 0. The fourth-order valence-corrected chi connectivity index (χ4v) is 12.6. The van der Waals surface area contributed by atoms with Gasteiger partial charge in [-0.25, -0.2) is 9.13 Å². The summed E-state index contributed by atoms with van der Waals surface area (Å²) in [4.78, 5) is 72.5. The molecule has 0 rings (SSSR count). The van der Waals surface area contributed by atoms with Crippen molar-refractivity contribution in [3.05, 3.63) is 48.6 Å². The number of aliphatic hydroxyl groups excluding tert-OH is 1. The molecule has 0 aromatic carbocycles. The highest BCUT2D eigenvalue weighted by Gasteiger charge is 2.30. The van der Waals surface area contributed by atoms with Gasteiger partial charge in [-0.15, -0.1) is 0 Å². The number of hydrogen-bond acceptors (Lipinski definition) is 15. The molecule has 0 fully saturated rings. The molecule has 0 aromatic rings. The summed E-state index contributed by atoms with van der Waals surface area (Å²) in [5.41, 5.74) is 0. The smallest absolute Gasteiger partial charge is 0.462 e. The van der Waals surface area contributed by atoms with Crippen LogP contribution in [0.1, 0.15) is 368 Å². The molecule has 0 amide bonds. The van der Waals surface area contributed by atoms with Gasteiger partial charge in [0.2, 0.25) is 0 Å². The van der Waals surface area contributed by atoms with Gasteiger partial charge in [-0.3, -0.25) is 37.3 Å². The molecule has 0 radical (unpaired) electrons. The molecule has 97 heavy (non-hydrogen) atoms. The summed E-state index contributed by atoms with van der Waals surface area (Å²) in [6.45, 7) is 4.77. The molecule has 0 aliphatic rings. The standard InChI is InChI=1S/C78H144O17P2/c1-5-9-13-17-20-23-26-29-32-33-34-35-36-37-38-41-44-47-50-53-57-61-65-78(83)95-74(69-89-76(81)63-59-55-51-48-45-42-39-30-27-24-21-18-14-10-6-2)71-93-97(86,87)91-67-72(79)66-90-96(84,85)92-70-73(68-88-75(80)62-58-54-16-12-8-4)94-77(82)64-60-56-52-49-46-43-40-31-28-25-22-19-15-11-7-3/h24-25,27-28,30-31,39-40,72-74,79H,5-23,26,29,32-38,41-71H2,1-4H3,(H,84,85)(H,86,87)/b27-24-,28-25-,39-30-,40-31-/t72-,73+,74+/m0/s1. The van der Waals surface area contributed by atoms with Crippen molar-refractivity contribution in [2.45, 2.75) is 386 Å². The molecule has 0 spiro atoms. The Bertz CT molecular complexity index is 2030. The third-order valence-electron chi connectivity index (χ3n) is 17.1. The first-order valence-electron chi connectivity index (χ1n) is 39.4. The zero-order valence-corrected chi connectivity index (χ0v) is 63.8. The van der Waals surface area contributed by atoms with Gasteiger partial charge < -0.3 is 33.8 Å². The van der Waals surface area contributed by atoms with E-state index < -0.39 is 97.5 Å². The van der Waals surface area contributed by atoms with Crippen LogP contribution in [0.3, 0.4) is 0 Å². The van der Waals surface area contributed by atoms with E-state index in [-0.39, 0.29) is 25.7 Å². The van der Waals surface area contributed by atoms with E-state index in [1.165, 1.54) is 161 Å². The number of ether oxygens (including phenoxy) is 4. The van der Waals surface area contributed by atoms with E-state index in [9.17, 15) is 43.2 Å². The van der Waals surface area contributed by atoms with E-state index in [1.807, 2.05) is 0 Å². The first-order valence-corrected chi connectivity index (χ1v) is 42.4. The minimum Gasteiger partial charge on any atom is -0.462 e. The second-order valence-corrected chi connectivity index (χ2v) is 29.6. The van der Waals surface area contributed by atoms with Gasteiger partial charge in [0, 0.05) is 25.7 Å². The Labute approximate surface area is 591 Å². The Morgan fingerprint density at radius 2 is 0.495 bits per heavy atom. The van der Waals surface area contributed by atoms with E-state index in [4.69, 9.17) is 37.0 Å². The minimum atomic E-state index is -4.97. The van der Waals surface area contributed by atoms with Crippen molar-refractivity contribution < 1.29 is 80.2 Å². The molecule has 0 saturated carbocycles. The van der Waals surface area contributed by atoms with Crippen LogP contribution in [0.4, 0.5) is 0 Å². The molecule has 19 heteroatoms. The molecule has 5 atom stereocenters. The molecule has 0 aliphatic carbocycles. The molecule has 568 valence electrons. The van der Waals surface area contributed by atoms with Gasteiger partial charge in [-0.2, -0.15) is 0 Å². The van der Waals surface area contributed by atoms with Crippen LogP contribution in [-0.2, 0) is 65.4 Å². The summed E-state index contributed by atoms with van der Waals surface area (Å²) in [6.07, 6.45) is 68.8. The Kier molecular flexibility index (Phi) is 69.2. The average molecular weight is 1420 g/mol. The molecule has 17 nitrogen and oxygen atoms in total. The van der Waals surface area contributed by atoms with Crippen LogP contribution in [-0.4, -0.2) is 96.7 Å². The Hall–Kier alpha value is -2.98. The topological polar surface area (TPSA) is 237 Å². The molecule has 0 bridgehead atoms. The highest BCUT2D eigenvalue weighted by molar-refractivity contribution is 7.47. The van der Waals surface area contributed by atoms with Gasteiger partial charge in [-0.05, 0) is 77.0 Å². The first kappa shape index (κ1) is 94.0. The van der Waals surface area contributed by atoms with E-state index in [2.05, 4.69) is 76.3 Å². The summed E-state index contributed by atoms with van der Waals surface area (Å²) in [5, 5.41) is 10.6. The van der Waals surface area contributed by atoms with Gasteiger partial charge in [0.25, 0.3) is 0 Å². The number of phosphoric ester groups is 2. The average Bonchev–Trinajstić information content (AvgIpc) is 1.45. The Morgan fingerprint density at radius 3 is 0.753 bits per heavy atom. The molecule has 3 N–H and O–H groups in total. The van der Waals surface area contributed by atoms with Crippen molar-refractivity contribution in [2.24, 2.45) is 0 Å². The molecular weight excluding hydrogens is 1270 g/mol. The number of aliphatic hydroxyl groups is 1. The van der Waals surface area contributed by atoms with Gasteiger partial charge in [0.05, 0.1) is 26.4 Å². The second-order valence-electron chi connectivity index (χ2n) is 26.7. The van der Waals surface area contributed by atoms with Crippen molar-refractivity contribution in [1.29, 1.82) is 0 Å². The van der Waals surface area contributed by atoms with Gasteiger partial charge in [0.1, 0.15) is 19.3 Å². The van der Waals surface area contributed by atoms with Crippen molar-refractivity contribution in [3.8, 4) is 0 Å². The number of rotatable bonds is 75. The fraction of sp³-hybridized carbons (Fsp3) is 0.846. The zero-order chi connectivity index (χ0) is 71.1. The number of carbonyl (C=O) groups is 4. The van der Waals surface area contributed by atoms with E-state index in [1.54, 1.807) is 0 Å². The molecule has 0 aromatic heterocycles. The van der Waals surface area contributed by atoms with Crippen LogP contribution in [0, 0.1) is 0 Å². The Balaban J connectivity index is 5.17. The monoisotopic (exact) mass is 1410 g/mol. The lowest BCUT2D eigenvalue weighted by Gasteiger charge is -2.21. The number of hydrogen-bond donors (Lipinski definition) is 3. The van der Waals surface area contributed by atoms with Gasteiger partial charge in [-0.1, -0.05) is 314 Å². The van der Waals surface area contributed by atoms with E-state index in [0.29, 0.717) is 25.7 Å².